The van der Waals surface area contributed by atoms with E-state index < -0.39 is 34.1 Å². The Morgan fingerprint density at radius 1 is 0.795 bits per heavy atom. The first-order valence-electron chi connectivity index (χ1n) is 30.1. The first kappa shape index (κ1) is 49.5. The van der Waals surface area contributed by atoms with Gasteiger partial charge in [0.15, 0.2) is 5.78 Å². The molecule has 8 heteroatoms. The second kappa shape index (κ2) is 17.2. The third-order valence-corrected chi connectivity index (χ3v) is 24.8. The number of nitrogens with zero attached hydrogens (tertiary/aromatic N) is 1. The van der Waals surface area contributed by atoms with E-state index in [1.165, 1.54) is 89.4 Å². The number of aromatic amines is 1. The molecule has 8 fully saturated rings. The Kier molecular flexibility index (Phi) is 11.7. The van der Waals surface area contributed by atoms with E-state index in [9.17, 15) is 10.2 Å². The molecular formula is C65H90N2O6. The lowest BCUT2D eigenvalue weighted by Gasteiger charge is -2.74. The number of carbonyl (C=O) groups excluding carboxylic acids is 2. The van der Waals surface area contributed by atoms with Gasteiger partial charge < -0.3 is 29.2 Å². The molecular weight excluding hydrogens is 905 g/mol. The van der Waals surface area contributed by atoms with Crippen LogP contribution in [0.1, 0.15) is 223 Å². The van der Waals surface area contributed by atoms with Crippen LogP contribution in [-0.2, 0) is 38.4 Å². The molecule has 6 saturated carbocycles. The standard InChI is InChI=1S/C65H90N2O6/c1-59(2)58(73-59)49(69)33-60(3)25-19-42-36-66-54-45(31-39-29-43(40-15-9-8-10-16-40)32-44(30-39)41-21-27-72-28-22-41)37-67(55(42)54)38-47-52-53(60)48(68)34-62(52,5)61(4)26-20-50-63(6,46-17-11-12-18-46)51(70)35-65(23-13-14-24-65)64(50,7)57(61)56(47)71/h29-30,32,36-37,40-41,46-47,49-50,56-58,66,69,71H,8-28,31,33-35,38H2,1-7H3/t47-,49-,50+,56-,57+,58-,60+,61+,62+,63+,64-/m1/s1. The molecule has 73 heavy (non-hydrogen) atoms. The number of epoxide rings is 1. The number of aryl methyl sites for hydroxylation is 1. The number of nitrogens with one attached hydrogen (secondary N) is 1. The first-order valence-corrected chi connectivity index (χ1v) is 30.1. The molecule has 396 valence electrons. The van der Waals surface area contributed by atoms with Crippen LogP contribution >= 0.6 is 0 Å². The number of aliphatic hydroxyl groups is 2. The van der Waals surface area contributed by atoms with Crippen molar-refractivity contribution in [3.05, 3.63) is 69.6 Å². The van der Waals surface area contributed by atoms with E-state index in [-0.39, 0.29) is 45.9 Å². The van der Waals surface area contributed by atoms with Gasteiger partial charge in [0.25, 0.3) is 0 Å². The second-order valence-corrected chi connectivity index (χ2v) is 28.7. The maximum absolute atomic E-state index is 15.7. The number of aliphatic hydroxyl groups excluding tert-OH is 2. The average Bonchev–Trinajstić information content (AvgIpc) is 4.10. The summed E-state index contributed by atoms with van der Waals surface area (Å²) in [6.07, 6.45) is 26.5. The number of hydrogen-bond donors (Lipinski definition) is 3. The Morgan fingerprint density at radius 3 is 2.15 bits per heavy atom. The van der Waals surface area contributed by atoms with E-state index in [2.05, 4.69) is 88.6 Å². The third kappa shape index (κ3) is 7.15. The molecule has 8 nitrogen and oxygen atoms in total. The Labute approximate surface area is 437 Å². The average molecular weight is 995 g/mol. The van der Waals surface area contributed by atoms with Crippen LogP contribution in [-0.4, -0.2) is 68.5 Å². The van der Waals surface area contributed by atoms with E-state index in [0.29, 0.717) is 49.3 Å². The number of hydrogen-bond acceptors (Lipinski definition) is 6. The highest BCUT2D eigenvalue weighted by molar-refractivity contribution is 6.02. The molecule has 0 radical (unpaired) electrons. The summed E-state index contributed by atoms with van der Waals surface area (Å²) in [5, 5.41) is 26.6. The molecule has 3 aromatic rings. The van der Waals surface area contributed by atoms with E-state index >= 15 is 9.59 Å². The number of rotatable bonds is 8. The molecule has 5 heterocycles. The van der Waals surface area contributed by atoms with E-state index in [4.69, 9.17) is 9.47 Å². The summed E-state index contributed by atoms with van der Waals surface area (Å²) in [7, 11) is 0. The zero-order valence-electron chi connectivity index (χ0n) is 45.9. The molecule has 3 aliphatic heterocycles. The number of H-pyrrole nitrogens is 1. The number of Topliss-reactive ketones (excluding diaryl/α,β-unsaturated/α-hetero) is 2. The fraction of sp³-hybridized carbons (Fsp3) is 0.754. The molecule has 0 unspecified atom stereocenters. The molecule has 0 amide bonds. The Morgan fingerprint density at radius 2 is 1.47 bits per heavy atom. The lowest BCUT2D eigenvalue weighted by molar-refractivity contribution is -0.266. The maximum atomic E-state index is 15.7. The number of ketones is 2. The van der Waals surface area contributed by atoms with Crippen LogP contribution in [0, 0.1) is 56.2 Å². The van der Waals surface area contributed by atoms with Gasteiger partial charge in [0, 0.05) is 73.7 Å². The molecule has 7 aliphatic carbocycles. The van der Waals surface area contributed by atoms with Crippen molar-refractivity contribution in [3.8, 4) is 0 Å². The maximum Gasteiger partial charge on any atom is 0.160 e. The van der Waals surface area contributed by atoms with Gasteiger partial charge in [-0.1, -0.05) is 97.8 Å². The van der Waals surface area contributed by atoms with Crippen molar-refractivity contribution in [3.63, 3.8) is 0 Å². The van der Waals surface area contributed by atoms with Crippen molar-refractivity contribution in [2.45, 2.75) is 238 Å². The molecule has 2 aromatic heterocycles. The zero-order chi connectivity index (χ0) is 50.7. The SMILES string of the molecule is CC1(C)O[C@@H]1[C@H](O)C[C@]1(C)CCc2c[nH]c3c(Cc4cc(C5CCCCC5)cc(C5CCOCC5)c4)cn(c23)C[C@@H]2C3=C1C(=O)C[C@]3(C)[C@@]1(C)CC[C@@H]3[C@](C)([C@H]1[C@@H]2O)C1(CCCC1)CC(=O)[C@@]3(C)C1CCCC1. The molecule has 1 aromatic carbocycles. The van der Waals surface area contributed by atoms with Crippen molar-refractivity contribution in [1.29, 1.82) is 0 Å². The van der Waals surface area contributed by atoms with Gasteiger partial charge in [0.1, 0.15) is 11.9 Å². The van der Waals surface area contributed by atoms with Gasteiger partial charge in [-0.25, -0.2) is 0 Å². The van der Waals surface area contributed by atoms with Gasteiger partial charge in [-0.05, 0) is 182 Å². The van der Waals surface area contributed by atoms with Gasteiger partial charge in [-0.15, -0.1) is 0 Å². The van der Waals surface area contributed by atoms with Gasteiger partial charge in [0.05, 0.1) is 28.8 Å². The highest BCUT2D eigenvalue weighted by Gasteiger charge is 2.78. The van der Waals surface area contributed by atoms with Crippen LogP contribution in [0.3, 0.4) is 0 Å². The number of ether oxygens (including phenoxy) is 2. The lowest BCUT2D eigenvalue weighted by Crippen LogP contribution is -2.73. The number of fused-ring (bicyclic) bond motifs is 5. The smallest absolute Gasteiger partial charge is 0.160 e. The molecule has 0 bridgehead atoms. The van der Waals surface area contributed by atoms with Crippen LogP contribution in [0.15, 0.2) is 41.7 Å². The predicted octanol–water partition coefficient (Wildman–Crippen LogP) is 13.4. The minimum atomic E-state index is -0.715. The van der Waals surface area contributed by atoms with E-state index in [1.807, 2.05) is 0 Å². The Balaban J connectivity index is 0.973. The van der Waals surface area contributed by atoms with Crippen LogP contribution in [0.25, 0.3) is 11.0 Å². The van der Waals surface area contributed by atoms with Crippen molar-refractivity contribution in [1.82, 2.24) is 9.55 Å². The van der Waals surface area contributed by atoms with Crippen molar-refractivity contribution < 1.29 is 29.3 Å². The largest absolute Gasteiger partial charge is 0.392 e. The minimum absolute atomic E-state index is 0.0839. The topological polar surface area (TPSA) is 117 Å². The van der Waals surface area contributed by atoms with Gasteiger partial charge in [-0.2, -0.15) is 0 Å². The fourth-order valence-electron chi connectivity index (χ4n) is 20.9. The number of aromatic nitrogens is 2. The third-order valence-electron chi connectivity index (χ3n) is 24.8. The number of allylic oxidation sites excluding steroid dienone is 1. The fourth-order valence-corrected chi connectivity index (χ4v) is 20.9. The molecule has 1 spiro atoms. The molecule has 13 rings (SSSR count). The normalized spacial score (nSPS) is 40.0. The number of carbonyl (C=O) groups is 2. The molecule has 3 N–H and O–H groups in total. The number of benzene rings is 1. The summed E-state index contributed by atoms with van der Waals surface area (Å²) in [6, 6.07) is 7.64. The van der Waals surface area contributed by atoms with Gasteiger partial charge >= 0.3 is 0 Å². The highest BCUT2D eigenvalue weighted by Crippen LogP contribution is 2.81. The van der Waals surface area contributed by atoms with Crippen LogP contribution < -0.4 is 0 Å². The first-order chi connectivity index (χ1) is 34.9. The van der Waals surface area contributed by atoms with Crippen LogP contribution in [0.4, 0.5) is 0 Å². The summed E-state index contributed by atoms with van der Waals surface area (Å²) in [4.78, 5) is 34.8. The summed E-state index contributed by atoms with van der Waals surface area (Å²) in [5.74, 6) is 2.09. The van der Waals surface area contributed by atoms with Crippen LogP contribution in [0.5, 0.6) is 0 Å². The van der Waals surface area contributed by atoms with E-state index in [0.717, 1.165) is 102 Å². The molecule has 2 saturated heterocycles. The predicted molar refractivity (Wildman–Crippen MR) is 287 cm³/mol. The lowest BCUT2D eigenvalue weighted by atomic mass is 9.29. The van der Waals surface area contributed by atoms with Crippen LogP contribution in [0.2, 0.25) is 0 Å². The van der Waals surface area contributed by atoms with Gasteiger partial charge in [-0.3, -0.25) is 9.59 Å². The highest BCUT2D eigenvalue weighted by atomic mass is 16.6. The monoisotopic (exact) mass is 995 g/mol. The summed E-state index contributed by atoms with van der Waals surface area (Å²) in [5.41, 5.74) is 8.76. The second-order valence-electron chi connectivity index (χ2n) is 28.7. The van der Waals surface area contributed by atoms with Crippen molar-refractivity contribution in [2.75, 3.05) is 13.2 Å². The van der Waals surface area contributed by atoms with Crippen molar-refractivity contribution >= 4 is 22.6 Å². The zero-order valence-corrected chi connectivity index (χ0v) is 45.9. The summed E-state index contributed by atoms with van der Waals surface area (Å²) in [6.45, 7) is 18.6. The van der Waals surface area contributed by atoms with Gasteiger partial charge in [0.2, 0.25) is 0 Å². The summed E-state index contributed by atoms with van der Waals surface area (Å²) < 4.78 is 14.6. The Bertz CT molecular complexity index is 2680. The minimum Gasteiger partial charge on any atom is -0.392 e. The summed E-state index contributed by atoms with van der Waals surface area (Å²) >= 11 is 0. The molecule has 10 aliphatic rings. The van der Waals surface area contributed by atoms with E-state index in [1.54, 1.807) is 0 Å². The Hall–Kier alpha value is -3.04. The quantitative estimate of drug-likeness (QED) is 0.194. The van der Waals surface area contributed by atoms with Crippen molar-refractivity contribution in [2.24, 2.45) is 56.2 Å². The molecule has 11 atom stereocenters.